The summed E-state index contributed by atoms with van der Waals surface area (Å²) in [6, 6.07) is 4.97. The Morgan fingerprint density at radius 2 is 2.00 bits per heavy atom. The molecule has 0 radical (unpaired) electrons. The molecular formula is C15H16BrN5O3. The minimum Gasteiger partial charge on any atom is -0.378 e. The lowest BCUT2D eigenvalue weighted by Crippen LogP contribution is -2.43. The van der Waals surface area contributed by atoms with Crippen LogP contribution in [-0.2, 0) is 4.74 Å². The second-order valence-electron chi connectivity index (χ2n) is 5.11. The van der Waals surface area contributed by atoms with E-state index >= 15 is 0 Å². The van der Waals surface area contributed by atoms with Gasteiger partial charge in [-0.2, -0.15) is 0 Å². The van der Waals surface area contributed by atoms with Crippen molar-refractivity contribution in [1.29, 1.82) is 0 Å². The number of nitrogens with zero attached hydrogens (tertiary/aromatic N) is 2. The van der Waals surface area contributed by atoms with E-state index in [0.717, 1.165) is 4.47 Å². The van der Waals surface area contributed by atoms with Crippen LogP contribution < -0.4 is 15.8 Å². The molecule has 9 heteroatoms. The fraction of sp³-hybridized carbons (Fsp3) is 0.267. The van der Waals surface area contributed by atoms with Gasteiger partial charge in [-0.1, -0.05) is 0 Å². The molecule has 1 aliphatic heterocycles. The number of H-pyrrole nitrogens is 1. The Hall–Kier alpha value is -2.39. The van der Waals surface area contributed by atoms with Gasteiger partial charge in [-0.05, 0) is 34.1 Å². The highest BCUT2D eigenvalue weighted by molar-refractivity contribution is 9.10. The molecule has 126 valence electrons. The number of pyridine rings is 1. The van der Waals surface area contributed by atoms with Crippen molar-refractivity contribution in [3.63, 3.8) is 0 Å². The number of hydrogen-bond acceptors (Lipinski definition) is 5. The number of hydrogen-bond donors (Lipinski definition) is 3. The van der Waals surface area contributed by atoms with Crippen molar-refractivity contribution in [3.05, 3.63) is 46.3 Å². The SMILES string of the molecule is O=C(NNC(=O)c1cccnc1N1CCOCC1)c1cc(Br)c[nH]1. The number of ether oxygens (including phenoxy) is 1. The van der Waals surface area contributed by atoms with E-state index in [1.807, 2.05) is 4.90 Å². The number of aromatic nitrogens is 2. The summed E-state index contributed by atoms with van der Waals surface area (Å²) in [6.45, 7) is 2.52. The van der Waals surface area contributed by atoms with E-state index in [9.17, 15) is 9.59 Å². The van der Waals surface area contributed by atoms with Crippen molar-refractivity contribution >= 4 is 33.6 Å². The molecule has 2 aromatic heterocycles. The highest BCUT2D eigenvalue weighted by Crippen LogP contribution is 2.18. The Morgan fingerprint density at radius 3 is 2.71 bits per heavy atom. The Kier molecular flexibility index (Phi) is 5.11. The number of amides is 2. The number of carbonyl (C=O) groups excluding carboxylic acids is 2. The summed E-state index contributed by atoms with van der Waals surface area (Å²) < 4.78 is 6.07. The molecule has 1 aliphatic rings. The predicted molar refractivity (Wildman–Crippen MR) is 90.7 cm³/mol. The molecule has 0 unspecified atom stereocenters. The van der Waals surface area contributed by atoms with E-state index < -0.39 is 11.8 Å². The molecule has 0 bridgehead atoms. The summed E-state index contributed by atoms with van der Waals surface area (Å²) in [5.74, 6) is -0.287. The topological polar surface area (TPSA) is 99.3 Å². The molecule has 3 heterocycles. The number of carbonyl (C=O) groups is 2. The highest BCUT2D eigenvalue weighted by atomic mass is 79.9. The first-order valence-electron chi connectivity index (χ1n) is 7.37. The van der Waals surface area contributed by atoms with Crippen LogP contribution in [0, 0.1) is 0 Å². The second kappa shape index (κ2) is 7.45. The average molecular weight is 394 g/mol. The van der Waals surface area contributed by atoms with Gasteiger partial charge in [-0.25, -0.2) is 4.98 Å². The Balaban J connectivity index is 1.67. The number of anilines is 1. The largest absolute Gasteiger partial charge is 0.378 e. The molecule has 8 nitrogen and oxygen atoms in total. The van der Waals surface area contributed by atoms with Crippen LogP contribution in [0.4, 0.5) is 5.82 Å². The summed E-state index contributed by atoms with van der Waals surface area (Å²) in [5, 5.41) is 0. The third kappa shape index (κ3) is 3.74. The van der Waals surface area contributed by atoms with Gasteiger partial charge in [0, 0.05) is 30.0 Å². The lowest BCUT2D eigenvalue weighted by Gasteiger charge is -2.29. The Labute approximate surface area is 146 Å². The van der Waals surface area contributed by atoms with Gasteiger partial charge in [-0.15, -0.1) is 0 Å². The van der Waals surface area contributed by atoms with Crippen molar-refractivity contribution in [2.24, 2.45) is 0 Å². The first-order valence-corrected chi connectivity index (χ1v) is 8.17. The van der Waals surface area contributed by atoms with Gasteiger partial charge in [0.1, 0.15) is 11.5 Å². The number of rotatable bonds is 3. The molecular weight excluding hydrogens is 378 g/mol. The van der Waals surface area contributed by atoms with Gasteiger partial charge in [0.25, 0.3) is 11.8 Å². The third-order valence-corrected chi connectivity index (χ3v) is 3.98. The molecule has 1 saturated heterocycles. The summed E-state index contributed by atoms with van der Waals surface area (Å²) in [4.78, 5) is 33.4. The Bertz CT molecular complexity index is 742. The summed E-state index contributed by atoms with van der Waals surface area (Å²) in [6.07, 6.45) is 3.27. The van der Waals surface area contributed by atoms with Crippen LogP contribution in [0.25, 0.3) is 0 Å². The van der Waals surface area contributed by atoms with Crippen molar-refractivity contribution in [2.45, 2.75) is 0 Å². The number of aromatic amines is 1. The third-order valence-electron chi connectivity index (χ3n) is 3.52. The predicted octanol–water partition coefficient (Wildman–Crippen LogP) is 1.08. The van der Waals surface area contributed by atoms with Crippen LogP contribution in [0.3, 0.4) is 0 Å². The molecule has 0 saturated carbocycles. The molecule has 0 aromatic carbocycles. The Morgan fingerprint density at radius 1 is 1.25 bits per heavy atom. The molecule has 1 fully saturated rings. The fourth-order valence-electron chi connectivity index (χ4n) is 2.35. The van der Waals surface area contributed by atoms with Crippen LogP contribution in [0.2, 0.25) is 0 Å². The van der Waals surface area contributed by atoms with Crippen LogP contribution in [0.15, 0.2) is 35.1 Å². The van der Waals surface area contributed by atoms with Crippen LogP contribution >= 0.6 is 15.9 Å². The van der Waals surface area contributed by atoms with Crippen molar-refractivity contribution in [1.82, 2.24) is 20.8 Å². The second-order valence-corrected chi connectivity index (χ2v) is 6.03. The van der Waals surface area contributed by atoms with Crippen molar-refractivity contribution < 1.29 is 14.3 Å². The maximum atomic E-state index is 12.4. The zero-order valence-corrected chi connectivity index (χ0v) is 14.3. The molecule has 3 rings (SSSR count). The van der Waals surface area contributed by atoms with Gasteiger partial charge >= 0.3 is 0 Å². The lowest BCUT2D eigenvalue weighted by atomic mass is 10.2. The van der Waals surface area contributed by atoms with Crippen LogP contribution in [0.1, 0.15) is 20.8 Å². The zero-order chi connectivity index (χ0) is 16.9. The van der Waals surface area contributed by atoms with Gasteiger partial charge in [0.05, 0.1) is 18.8 Å². The smallest absolute Gasteiger partial charge is 0.286 e. The van der Waals surface area contributed by atoms with E-state index in [4.69, 9.17) is 4.74 Å². The van der Waals surface area contributed by atoms with E-state index in [-0.39, 0.29) is 0 Å². The lowest BCUT2D eigenvalue weighted by molar-refractivity contribution is 0.0843. The van der Waals surface area contributed by atoms with E-state index in [0.29, 0.717) is 43.4 Å². The van der Waals surface area contributed by atoms with Gasteiger partial charge < -0.3 is 14.6 Å². The molecule has 2 amide bonds. The molecule has 0 atom stereocenters. The maximum Gasteiger partial charge on any atom is 0.286 e. The minimum atomic E-state index is -0.439. The molecule has 2 aromatic rings. The zero-order valence-electron chi connectivity index (χ0n) is 12.7. The molecule has 24 heavy (non-hydrogen) atoms. The summed E-state index contributed by atoms with van der Waals surface area (Å²) >= 11 is 3.25. The quantitative estimate of drug-likeness (QED) is 0.677. The number of nitrogens with one attached hydrogen (secondary N) is 3. The highest BCUT2D eigenvalue weighted by Gasteiger charge is 2.20. The summed E-state index contributed by atoms with van der Waals surface area (Å²) in [7, 11) is 0. The first kappa shape index (κ1) is 16.5. The molecule has 0 aliphatic carbocycles. The fourth-order valence-corrected chi connectivity index (χ4v) is 2.69. The van der Waals surface area contributed by atoms with E-state index in [1.54, 1.807) is 30.6 Å². The van der Waals surface area contributed by atoms with E-state index in [2.05, 4.69) is 36.7 Å². The van der Waals surface area contributed by atoms with Gasteiger partial charge in [-0.3, -0.25) is 20.4 Å². The van der Waals surface area contributed by atoms with Gasteiger partial charge in [0.2, 0.25) is 0 Å². The van der Waals surface area contributed by atoms with Crippen molar-refractivity contribution in [2.75, 3.05) is 31.2 Å². The normalized spacial score (nSPS) is 14.3. The minimum absolute atomic E-state index is 0.335. The van der Waals surface area contributed by atoms with E-state index in [1.165, 1.54) is 0 Å². The monoisotopic (exact) mass is 393 g/mol. The first-order chi connectivity index (χ1) is 11.6. The standard InChI is InChI=1S/C15H16BrN5O3/c16-10-8-12(18-9-10)15(23)20-19-14(22)11-2-1-3-17-13(11)21-4-6-24-7-5-21/h1-3,8-9,18H,4-7H2,(H,19,22)(H,20,23). The summed E-state index contributed by atoms with van der Waals surface area (Å²) in [5.41, 5.74) is 5.52. The van der Waals surface area contributed by atoms with Crippen LogP contribution in [0.5, 0.6) is 0 Å². The molecule has 3 N–H and O–H groups in total. The number of halogens is 1. The number of morpholine rings is 1. The van der Waals surface area contributed by atoms with Crippen molar-refractivity contribution in [3.8, 4) is 0 Å². The average Bonchev–Trinajstić information content (AvgIpc) is 3.06. The number of hydrazine groups is 1. The maximum absolute atomic E-state index is 12.4. The molecule has 0 spiro atoms. The van der Waals surface area contributed by atoms with Gasteiger partial charge in [0.15, 0.2) is 0 Å². The van der Waals surface area contributed by atoms with Crippen LogP contribution in [-0.4, -0.2) is 48.1 Å².